The summed E-state index contributed by atoms with van der Waals surface area (Å²) in [6, 6.07) is 5.81. The van der Waals surface area contributed by atoms with Gasteiger partial charge in [-0.25, -0.2) is 14.3 Å². The average molecular weight is 295 g/mol. The van der Waals surface area contributed by atoms with Gasteiger partial charge in [0.25, 0.3) is 0 Å². The number of hydrogen-bond acceptors (Lipinski definition) is 4. The second-order valence-electron chi connectivity index (χ2n) is 5.12. The van der Waals surface area contributed by atoms with Gasteiger partial charge in [0.1, 0.15) is 6.33 Å². The number of aryl methyl sites for hydroxylation is 1. The minimum atomic E-state index is -0.212. The number of pyridine rings is 1. The zero-order chi connectivity index (χ0) is 15.3. The van der Waals surface area contributed by atoms with Crippen molar-refractivity contribution in [3.05, 3.63) is 46.8 Å². The zero-order valence-corrected chi connectivity index (χ0v) is 12.0. The summed E-state index contributed by atoms with van der Waals surface area (Å²) in [7, 11) is 1.60. The van der Waals surface area contributed by atoms with E-state index in [1.807, 2.05) is 31.3 Å². The molecular formula is C15H13N5O2. The molecule has 0 spiro atoms. The number of aromatic nitrogens is 5. The van der Waals surface area contributed by atoms with Crippen LogP contribution in [-0.4, -0.2) is 31.7 Å². The minimum absolute atomic E-state index is 0.212. The Bertz CT molecular complexity index is 1060. The quantitative estimate of drug-likeness (QED) is 0.591. The largest absolute Gasteiger partial charge is 0.493 e. The molecule has 3 heterocycles. The number of fused-ring (bicyclic) bond motifs is 2. The maximum atomic E-state index is 11.4. The van der Waals surface area contributed by atoms with Crippen LogP contribution in [0.1, 0.15) is 5.56 Å². The summed E-state index contributed by atoms with van der Waals surface area (Å²) in [4.78, 5) is 21.2. The van der Waals surface area contributed by atoms with E-state index in [4.69, 9.17) is 4.74 Å². The SMILES string of the molecule is COc1cc(-c2cc3[nH]c(=O)[nH]c3cc2C)cn2ncnc12. The third kappa shape index (κ3) is 1.79. The van der Waals surface area contributed by atoms with Crippen LogP contribution in [0.25, 0.3) is 27.8 Å². The van der Waals surface area contributed by atoms with Crippen molar-refractivity contribution in [1.82, 2.24) is 24.6 Å². The van der Waals surface area contributed by atoms with Gasteiger partial charge in [0, 0.05) is 11.8 Å². The number of rotatable bonds is 2. The molecule has 7 nitrogen and oxygen atoms in total. The highest BCUT2D eigenvalue weighted by Crippen LogP contribution is 2.30. The summed E-state index contributed by atoms with van der Waals surface area (Å²) in [6.07, 6.45) is 3.38. The van der Waals surface area contributed by atoms with Crippen molar-refractivity contribution >= 4 is 16.7 Å². The Morgan fingerprint density at radius 2 is 1.95 bits per heavy atom. The highest BCUT2D eigenvalue weighted by Gasteiger charge is 2.11. The molecule has 22 heavy (non-hydrogen) atoms. The van der Waals surface area contributed by atoms with Gasteiger partial charge in [0.05, 0.1) is 18.1 Å². The number of ether oxygens (including phenoxy) is 1. The number of benzene rings is 1. The third-order valence-electron chi connectivity index (χ3n) is 3.73. The molecule has 2 N–H and O–H groups in total. The van der Waals surface area contributed by atoms with Crippen LogP contribution in [0.5, 0.6) is 5.75 Å². The number of aromatic amines is 2. The van der Waals surface area contributed by atoms with Crippen LogP contribution >= 0.6 is 0 Å². The lowest BCUT2D eigenvalue weighted by Crippen LogP contribution is -1.99. The van der Waals surface area contributed by atoms with E-state index in [1.165, 1.54) is 6.33 Å². The van der Waals surface area contributed by atoms with E-state index in [2.05, 4.69) is 20.1 Å². The van der Waals surface area contributed by atoms with Crippen LogP contribution in [0.2, 0.25) is 0 Å². The molecular weight excluding hydrogens is 282 g/mol. The summed E-state index contributed by atoms with van der Waals surface area (Å²) in [6.45, 7) is 2.00. The van der Waals surface area contributed by atoms with E-state index in [-0.39, 0.29) is 5.69 Å². The fraction of sp³-hybridized carbons (Fsp3) is 0.133. The second kappa shape index (κ2) is 4.45. The third-order valence-corrected chi connectivity index (χ3v) is 3.73. The molecule has 0 aliphatic heterocycles. The van der Waals surface area contributed by atoms with Gasteiger partial charge < -0.3 is 14.7 Å². The lowest BCUT2D eigenvalue weighted by atomic mass is 10.0. The molecule has 3 aromatic heterocycles. The molecule has 0 amide bonds. The van der Waals surface area contributed by atoms with Gasteiger partial charge in [-0.05, 0) is 36.2 Å². The van der Waals surface area contributed by atoms with Crippen LogP contribution in [0, 0.1) is 6.92 Å². The summed E-state index contributed by atoms with van der Waals surface area (Å²) in [5.41, 5.74) is 5.00. The first-order valence-corrected chi connectivity index (χ1v) is 6.76. The van der Waals surface area contributed by atoms with Crippen LogP contribution in [0.3, 0.4) is 0 Å². The Morgan fingerprint density at radius 1 is 1.18 bits per heavy atom. The lowest BCUT2D eigenvalue weighted by Gasteiger charge is -2.09. The molecule has 0 radical (unpaired) electrons. The molecule has 0 fully saturated rings. The Hall–Kier alpha value is -3.09. The first kappa shape index (κ1) is 12.6. The topological polar surface area (TPSA) is 88.1 Å². The fourth-order valence-electron chi connectivity index (χ4n) is 2.69. The molecule has 0 atom stereocenters. The van der Waals surface area contributed by atoms with E-state index < -0.39 is 0 Å². The number of methoxy groups -OCH3 is 1. The van der Waals surface area contributed by atoms with Gasteiger partial charge in [-0.1, -0.05) is 0 Å². The number of imidazole rings is 1. The van der Waals surface area contributed by atoms with Gasteiger partial charge in [-0.3, -0.25) is 0 Å². The molecule has 0 unspecified atom stereocenters. The van der Waals surface area contributed by atoms with Gasteiger partial charge in [0.15, 0.2) is 11.4 Å². The average Bonchev–Trinajstić information content (AvgIpc) is 3.10. The van der Waals surface area contributed by atoms with Crippen LogP contribution < -0.4 is 10.4 Å². The standard InChI is InChI=1S/C15H13N5O2/c1-8-3-11-12(19-15(21)18-11)5-10(8)9-4-13(22-2)14-16-7-17-20(14)6-9/h3-7H,1-2H3,(H2,18,19,21). The number of nitrogens with zero attached hydrogens (tertiary/aromatic N) is 3. The molecule has 0 aliphatic carbocycles. The van der Waals surface area contributed by atoms with E-state index in [0.29, 0.717) is 11.4 Å². The minimum Gasteiger partial charge on any atom is -0.493 e. The maximum absolute atomic E-state index is 11.4. The van der Waals surface area contributed by atoms with E-state index in [9.17, 15) is 4.79 Å². The fourth-order valence-corrected chi connectivity index (χ4v) is 2.69. The van der Waals surface area contributed by atoms with Crippen molar-refractivity contribution in [3.8, 4) is 16.9 Å². The Morgan fingerprint density at radius 3 is 2.73 bits per heavy atom. The van der Waals surface area contributed by atoms with Gasteiger partial charge >= 0.3 is 5.69 Å². The Labute approximate surface area is 124 Å². The predicted molar refractivity (Wildman–Crippen MR) is 82.2 cm³/mol. The molecule has 0 bridgehead atoms. The lowest BCUT2D eigenvalue weighted by molar-refractivity contribution is 0.417. The van der Waals surface area contributed by atoms with Crippen molar-refractivity contribution in [3.63, 3.8) is 0 Å². The summed E-state index contributed by atoms with van der Waals surface area (Å²) >= 11 is 0. The molecule has 7 heteroatoms. The Balaban J connectivity index is 2.01. The maximum Gasteiger partial charge on any atom is 0.323 e. The molecule has 1 aromatic carbocycles. The summed E-state index contributed by atoms with van der Waals surface area (Å²) in [5.74, 6) is 0.650. The number of hydrogen-bond donors (Lipinski definition) is 2. The normalized spacial score (nSPS) is 11.4. The number of H-pyrrole nitrogens is 2. The molecule has 4 aromatic rings. The van der Waals surface area contributed by atoms with Gasteiger partial charge in [0.2, 0.25) is 0 Å². The zero-order valence-electron chi connectivity index (χ0n) is 12.0. The van der Waals surface area contributed by atoms with Crippen molar-refractivity contribution in [2.75, 3.05) is 7.11 Å². The van der Waals surface area contributed by atoms with Crippen LogP contribution in [0.4, 0.5) is 0 Å². The van der Waals surface area contributed by atoms with Crippen LogP contribution in [0.15, 0.2) is 35.5 Å². The molecule has 0 aliphatic rings. The van der Waals surface area contributed by atoms with Crippen molar-refractivity contribution < 1.29 is 4.74 Å². The van der Waals surface area contributed by atoms with Gasteiger partial charge in [-0.2, -0.15) is 5.10 Å². The molecule has 0 saturated heterocycles. The van der Waals surface area contributed by atoms with E-state index in [1.54, 1.807) is 11.6 Å². The van der Waals surface area contributed by atoms with Crippen molar-refractivity contribution in [1.29, 1.82) is 0 Å². The van der Waals surface area contributed by atoms with Crippen molar-refractivity contribution in [2.24, 2.45) is 0 Å². The van der Waals surface area contributed by atoms with Crippen molar-refractivity contribution in [2.45, 2.75) is 6.92 Å². The summed E-state index contributed by atoms with van der Waals surface area (Å²) in [5, 5.41) is 4.17. The first-order valence-electron chi connectivity index (χ1n) is 6.76. The second-order valence-corrected chi connectivity index (χ2v) is 5.12. The van der Waals surface area contributed by atoms with E-state index >= 15 is 0 Å². The first-order chi connectivity index (χ1) is 10.7. The number of nitrogens with one attached hydrogen (secondary N) is 2. The highest BCUT2D eigenvalue weighted by atomic mass is 16.5. The highest BCUT2D eigenvalue weighted by molar-refractivity contribution is 5.84. The monoisotopic (exact) mass is 295 g/mol. The predicted octanol–water partition coefficient (Wildman–Crippen LogP) is 1.88. The molecule has 110 valence electrons. The van der Waals surface area contributed by atoms with E-state index in [0.717, 1.165) is 27.7 Å². The smallest absolute Gasteiger partial charge is 0.323 e. The van der Waals surface area contributed by atoms with Gasteiger partial charge in [-0.15, -0.1) is 0 Å². The summed E-state index contributed by atoms with van der Waals surface area (Å²) < 4.78 is 7.07. The molecule has 4 rings (SSSR count). The van der Waals surface area contributed by atoms with Crippen LogP contribution in [-0.2, 0) is 0 Å². The molecule has 0 saturated carbocycles. The Kier molecular flexibility index (Phi) is 2.56.